The molecular weight excluding hydrogens is 487 g/mol. The molecular formula is C27H32F3N3O4. The number of piperidine rings is 2. The molecule has 0 saturated carbocycles. The van der Waals surface area contributed by atoms with E-state index < -0.39 is 18.6 Å². The number of ether oxygens (including phenoxy) is 1. The standard InChI is InChI=1S/C26H29N3O4.CHF3.H2/c30-24-12-11-22(25(31)27-24)29-16-21-20(26(29)32)5-4-6-23(21)33-17-19-9-7-18(8-10-19)15-28-13-2-1-3-14-28;2-1(3)4;/h4-10,22H,1-3,11-17H2,(H,27,30,31);1H;1H. The van der Waals surface area contributed by atoms with E-state index in [0.29, 0.717) is 30.9 Å². The molecule has 3 heterocycles. The lowest BCUT2D eigenvalue weighted by molar-refractivity contribution is -0.136. The molecule has 2 aromatic rings. The summed E-state index contributed by atoms with van der Waals surface area (Å²) in [5.74, 6) is -0.217. The Bertz CT molecular complexity index is 1120. The third kappa shape index (κ3) is 6.88. The van der Waals surface area contributed by atoms with Crippen LogP contribution in [0.15, 0.2) is 42.5 Å². The van der Waals surface area contributed by atoms with E-state index in [0.717, 1.165) is 17.7 Å². The van der Waals surface area contributed by atoms with Crippen molar-refractivity contribution in [1.29, 1.82) is 0 Å². The first-order valence-corrected chi connectivity index (χ1v) is 12.4. The van der Waals surface area contributed by atoms with Crippen LogP contribution in [0.3, 0.4) is 0 Å². The smallest absolute Gasteiger partial charge is 0.379 e. The first kappa shape index (κ1) is 26.7. The molecule has 2 fully saturated rings. The second kappa shape index (κ2) is 12.2. The Balaban J connectivity index is 0.000000749. The normalized spacial score (nSPS) is 19.8. The van der Waals surface area contributed by atoms with Gasteiger partial charge in [-0.15, -0.1) is 0 Å². The van der Waals surface area contributed by atoms with Gasteiger partial charge in [-0.3, -0.25) is 24.6 Å². The number of amides is 3. The van der Waals surface area contributed by atoms with E-state index in [9.17, 15) is 27.6 Å². The zero-order chi connectivity index (χ0) is 26.4. The van der Waals surface area contributed by atoms with Crippen LogP contribution < -0.4 is 10.1 Å². The summed E-state index contributed by atoms with van der Waals surface area (Å²) in [7, 11) is 0. The van der Waals surface area contributed by atoms with Crippen LogP contribution in [0, 0.1) is 0 Å². The van der Waals surface area contributed by atoms with Crippen molar-refractivity contribution in [2.45, 2.75) is 64.5 Å². The number of rotatable bonds is 6. The Morgan fingerprint density at radius 1 is 0.973 bits per heavy atom. The molecule has 0 aliphatic carbocycles. The summed E-state index contributed by atoms with van der Waals surface area (Å²) in [6.45, 7) is 0.404. The van der Waals surface area contributed by atoms with Gasteiger partial charge in [0.05, 0.1) is 6.54 Å². The molecule has 37 heavy (non-hydrogen) atoms. The molecule has 10 heteroatoms. The van der Waals surface area contributed by atoms with Crippen molar-refractivity contribution >= 4 is 17.7 Å². The molecule has 3 aliphatic rings. The van der Waals surface area contributed by atoms with Gasteiger partial charge < -0.3 is 9.64 Å². The van der Waals surface area contributed by atoms with Gasteiger partial charge in [-0.1, -0.05) is 36.8 Å². The Labute approximate surface area is 215 Å². The van der Waals surface area contributed by atoms with Gasteiger partial charge in [-0.25, -0.2) is 0 Å². The molecule has 0 spiro atoms. The highest BCUT2D eigenvalue weighted by molar-refractivity contribution is 6.05. The number of benzene rings is 2. The fourth-order valence-corrected chi connectivity index (χ4v) is 4.97. The van der Waals surface area contributed by atoms with Gasteiger partial charge in [0.15, 0.2) is 0 Å². The highest BCUT2D eigenvalue weighted by Gasteiger charge is 2.40. The van der Waals surface area contributed by atoms with Gasteiger partial charge in [0.1, 0.15) is 18.4 Å². The Morgan fingerprint density at radius 2 is 1.65 bits per heavy atom. The number of hydrogen-bond acceptors (Lipinski definition) is 5. The van der Waals surface area contributed by atoms with Crippen LogP contribution in [0.5, 0.6) is 5.75 Å². The van der Waals surface area contributed by atoms with Crippen molar-refractivity contribution in [3.8, 4) is 5.75 Å². The van der Waals surface area contributed by atoms with E-state index in [1.165, 1.54) is 37.9 Å². The Hall–Kier alpha value is -3.40. The summed E-state index contributed by atoms with van der Waals surface area (Å²) < 4.78 is 35.1. The molecule has 1 atom stereocenters. The van der Waals surface area contributed by atoms with Crippen molar-refractivity contribution in [1.82, 2.24) is 15.1 Å². The highest BCUT2D eigenvalue weighted by Crippen LogP contribution is 2.34. The summed E-state index contributed by atoms with van der Waals surface area (Å²) in [4.78, 5) is 40.8. The maximum Gasteiger partial charge on any atom is 0.379 e. The molecule has 1 N–H and O–H groups in total. The van der Waals surface area contributed by atoms with Crippen molar-refractivity contribution in [3.63, 3.8) is 0 Å². The summed E-state index contributed by atoms with van der Waals surface area (Å²) in [5, 5.41) is 2.34. The first-order valence-electron chi connectivity index (χ1n) is 12.4. The molecule has 5 rings (SSSR count). The zero-order valence-electron chi connectivity index (χ0n) is 20.4. The van der Waals surface area contributed by atoms with Crippen LogP contribution in [0.2, 0.25) is 0 Å². The van der Waals surface area contributed by atoms with Gasteiger partial charge in [-0.2, -0.15) is 13.2 Å². The third-order valence-electron chi connectivity index (χ3n) is 6.81. The van der Waals surface area contributed by atoms with E-state index in [1.54, 1.807) is 11.0 Å². The van der Waals surface area contributed by atoms with Gasteiger partial charge in [0.2, 0.25) is 11.8 Å². The minimum atomic E-state index is -3.67. The maximum absolute atomic E-state index is 13.0. The monoisotopic (exact) mass is 519 g/mol. The van der Waals surface area contributed by atoms with E-state index in [2.05, 4.69) is 34.5 Å². The van der Waals surface area contributed by atoms with Crippen molar-refractivity contribution in [3.05, 3.63) is 64.7 Å². The number of halogens is 3. The number of imide groups is 1. The fraction of sp³-hybridized carbons (Fsp3) is 0.444. The van der Waals surface area contributed by atoms with E-state index in [-0.39, 0.29) is 19.7 Å². The van der Waals surface area contributed by atoms with Gasteiger partial charge >= 0.3 is 6.68 Å². The van der Waals surface area contributed by atoms with E-state index in [4.69, 9.17) is 4.74 Å². The fourth-order valence-electron chi connectivity index (χ4n) is 4.97. The summed E-state index contributed by atoms with van der Waals surface area (Å²) in [5.41, 5.74) is 3.75. The number of likely N-dealkylation sites (tertiary alicyclic amines) is 1. The largest absolute Gasteiger partial charge is 0.489 e. The highest BCUT2D eigenvalue weighted by atomic mass is 19.4. The Morgan fingerprint density at radius 3 is 2.32 bits per heavy atom. The minimum Gasteiger partial charge on any atom is -0.489 e. The predicted molar refractivity (Wildman–Crippen MR) is 132 cm³/mol. The number of carbonyl (C=O) groups is 3. The zero-order valence-corrected chi connectivity index (χ0v) is 20.4. The average Bonchev–Trinajstić information content (AvgIpc) is 3.21. The number of nitrogens with zero attached hydrogens (tertiary/aromatic N) is 2. The van der Waals surface area contributed by atoms with Crippen LogP contribution >= 0.6 is 0 Å². The number of fused-ring (bicyclic) bond motifs is 1. The molecule has 0 bridgehead atoms. The van der Waals surface area contributed by atoms with Crippen molar-refractivity contribution in [2.75, 3.05) is 13.1 Å². The first-order chi connectivity index (χ1) is 17.8. The molecule has 3 amide bonds. The summed E-state index contributed by atoms with van der Waals surface area (Å²) in [6.07, 6.45) is 4.51. The van der Waals surface area contributed by atoms with Crippen LogP contribution in [0.1, 0.15) is 60.6 Å². The lowest BCUT2D eigenvalue weighted by atomic mass is 10.0. The predicted octanol–water partition coefficient (Wildman–Crippen LogP) is 4.44. The maximum atomic E-state index is 13.0. The molecule has 0 aromatic heterocycles. The molecule has 0 radical (unpaired) electrons. The van der Waals surface area contributed by atoms with Crippen molar-refractivity contribution in [2.24, 2.45) is 0 Å². The summed E-state index contributed by atoms with van der Waals surface area (Å²) >= 11 is 0. The SMILES string of the molecule is FC(F)F.O=C1CCC(N2Cc3c(OCc4ccc(CN5CCCCC5)cc4)cccc3C2=O)C(=O)N1.[HH]. The van der Waals surface area contributed by atoms with Crippen LogP contribution in [-0.4, -0.2) is 53.3 Å². The van der Waals surface area contributed by atoms with Crippen LogP contribution in [0.4, 0.5) is 13.2 Å². The van der Waals surface area contributed by atoms with Gasteiger partial charge in [-0.05, 0) is 55.6 Å². The number of carbonyl (C=O) groups excluding carboxylic acids is 3. The van der Waals surface area contributed by atoms with Gasteiger partial charge in [0.25, 0.3) is 5.91 Å². The molecule has 1 unspecified atom stereocenters. The van der Waals surface area contributed by atoms with E-state index in [1.807, 2.05) is 12.1 Å². The lowest BCUT2D eigenvalue weighted by Crippen LogP contribution is -2.52. The quantitative estimate of drug-likeness (QED) is 0.571. The van der Waals surface area contributed by atoms with Crippen LogP contribution in [0.25, 0.3) is 0 Å². The molecule has 2 saturated heterocycles. The lowest BCUT2D eigenvalue weighted by Gasteiger charge is -2.29. The van der Waals surface area contributed by atoms with Crippen molar-refractivity contribution < 1.29 is 33.7 Å². The summed E-state index contributed by atoms with van der Waals surface area (Å²) in [6, 6.07) is 13.3. The number of alkyl halides is 3. The number of hydrogen-bond donors (Lipinski definition) is 1. The Kier molecular flexibility index (Phi) is 8.81. The van der Waals surface area contributed by atoms with E-state index >= 15 is 0 Å². The number of nitrogens with one attached hydrogen (secondary N) is 1. The molecule has 2 aromatic carbocycles. The average molecular weight is 520 g/mol. The molecule has 7 nitrogen and oxygen atoms in total. The third-order valence-corrected chi connectivity index (χ3v) is 6.81. The molecule has 3 aliphatic heterocycles. The second-order valence-electron chi connectivity index (χ2n) is 9.37. The molecule has 200 valence electrons. The second-order valence-corrected chi connectivity index (χ2v) is 9.37. The van der Waals surface area contributed by atoms with Crippen LogP contribution in [-0.2, 0) is 29.3 Å². The minimum absolute atomic E-state index is 0. The van der Waals surface area contributed by atoms with Gasteiger partial charge in [0, 0.05) is 25.5 Å². The topological polar surface area (TPSA) is 79.0 Å².